The van der Waals surface area contributed by atoms with Crippen molar-refractivity contribution in [1.82, 2.24) is 0 Å². The molecule has 0 bridgehead atoms. The normalized spacial score (nSPS) is 15.3. The number of aliphatic hydroxyl groups is 1. The number of aliphatic imine (C=N–C) groups is 1. The van der Waals surface area contributed by atoms with Gasteiger partial charge >= 0.3 is 0 Å². The van der Waals surface area contributed by atoms with E-state index >= 15 is 0 Å². The summed E-state index contributed by atoms with van der Waals surface area (Å²) in [5.74, 6) is 0.432. The summed E-state index contributed by atoms with van der Waals surface area (Å²) in [7, 11) is 1.52. The Bertz CT molecular complexity index is 411. The minimum Gasteiger partial charge on any atom is -0.497 e. The first-order valence-electron chi connectivity index (χ1n) is 5.45. The topological polar surface area (TPSA) is 67.8 Å². The van der Waals surface area contributed by atoms with Crippen LogP contribution in [0.15, 0.2) is 39.3 Å². The number of rotatable bonds is 5. The lowest BCUT2D eigenvalue weighted by Gasteiger charge is -2.20. The van der Waals surface area contributed by atoms with Crippen LogP contribution in [0, 0.1) is 0 Å². The molecule has 0 radical (unpaired) electrons. The van der Waals surface area contributed by atoms with Crippen molar-refractivity contribution in [3.05, 3.63) is 34.3 Å². The molecule has 0 aliphatic rings. The van der Waals surface area contributed by atoms with Gasteiger partial charge < -0.3 is 15.6 Å². The molecule has 4 nitrogen and oxygen atoms in total. The van der Waals surface area contributed by atoms with E-state index in [9.17, 15) is 5.11 Å². The molecular formula is C13H21BrN2O2. The zero-order valence-corrected chi connectivity index (χ0v) is 13.1. The molecule has 0 aromatic heterocycles. The van der Waals surface area contributed by atoms with Gasteiger partial charge in [-0.3, -0.25) is 4.99 Å². The summed E-state index contributed by atoms with van der Waals surface area (Å²) in [6.07, 6.45) is 1.39. The number of ether oxygens (including phenoxy) is 1. The van der Waals surface area contributed by atoms with Crippen LogP contribution in [0.4, 0.5) is 0 Å². The summed E-state index contributed by atoms with van der Waals surface area (Å²) in [5, 5.41) is 10.0. The van der Waals surface area contributed by atoms with Gasteiger partial charge in [-0.15, -0.1) is 0 Å². The fourth-order valence-electron chi connectivity index (χ4n) is 1.39. The number of hydrogen-bond donors (Lipinski definition) is 2. The molecule has 0 heterocycles. The summed E-state index contributed by atoms with van der Waals surface area (Å²) < 4.78 is 5.80. The molecular weight excluding hydrogens is 296 g/mol. The van der Waals surface area contributed by atoms with Gasteiger partial charge in [-0.25, -0.2) is 0 Å². The monoisotopic (exact) mass is 316 g/mol. The zero-order valence-electron chi connectivity index (χ0n) is 11.5. The van der Waals surface area contributed by atoms with E-state index in [2.05, 4.69) is 27.5 Å². The van der Waals surface area contributed by atoms with Crippen LogP contribution in [0.1, 0.15) is 27.7 Å². The second-order valence-electron chi connectivity index (χ2n) is 4.35. The zero-order chi connectivity index (χ0) is 14.5. The van der Waals surface area contributed by atoms with Crippen LogP contribution in [-0.4, -0.2) is 23.5 Å². The predicted molar refractivity (Wildman–Crippen MR) is 79.5 cm³/mol. The Morgan fingerprint density at radius 3 is 2.22 bits per heavy atom. The lowest BCUT2D eigenvalue weighted by Crippen LogP contribution is -2.22. The quantitative estimate of drug-likeness (QED) is 0.465. The number of nitrogens with two attached hydrogens (primary N) is 1. The van der Waals surface area contributed by atoms with Crippen LogP contribution < -0.4 is 5.73 Å². The van der Waals surface area contributed by atoms with E-state index in [1.165, 1.54) is 13.3 Å². The first kappa shape index (κ1) is 16.9. The van der Waals surface area contributed by atoms with E-state index in [-0.39, 0.29) is 0 Å². The van der Waals surface area contributed by atoms with Crippen molar-refractivity contribution in [2.24, 2.45) is 10.7 Å². The Morgan fingerprint density at radius 2 is 1.94 bits per heavy atom. The maximum absolute atomic E-state index is 10.0. The molecule has 0 saturated heterocycles. The summed E-state index contributed by atoms with van der Waals surface area (Å²) >= 11 is 3.34. The molecule has 0 aromatic rings. The largest absolute Gasteiger partial charge is 0.497 e. The van der Waals surface area contributed by atoms with Crippen molar-refractivity contribution in [1.29, 1.82) is 0 Å². The highest BCUT2D eigenvalue weighted by molar-refractivity contribution is 9.11. The summed E-state index contributed by atoms with van der Waals surface area (Å²) in [5.41, 5.74) is 6.25. The van der Waals surface area contributed by atoms with Crippen molar-refractivity contribution in [3.8, 4) is 0 Å². The number of nitrogens with zero attached hydrogens (tertiary/aromatic N) is 1. The summed E-state index contributed by atoms with van der Waals surface area (Å²) in [6.45, 7) is 10.7. The second kappa shape index (κ2) is 6.75. The van der Waals surface area contributed by atoms with E-state index < -0.39 is 5.60 Å². The first-order valence-corrected chi connectivity index (χ1v) is 6.24. The van der Waals surface area contributed by atoms with Gasteiger partial charge in [-0.2, -0.15) is 0 Å². The van der Waals surface area contributed by atoms with Gasteiger partial charge in [0, 0.05) is 10.7 Å². The van der Waals surface area contributed by atoms with Crippen molar-refractivity contribution in [2.45, 2.75) is 33.3 Å². The molecule has 5 heteroatoms. The van der Waals surface area contributed by atoms with E-state index in [0.29, 0.717) is 22.7 Å². The molecule has 102 valence electrons. The maximum atomic E-state index is 10.0. The van der Waals surface area contributed by atoms with E-state index in [1.54, 1.807) is 20.8 Å². The smallest absolute Gasteiger partial charge is 0.122 e. The van der Waals surface area contributed by atoms with Crippen molar-refractivity contribution >= 4 is 21.6 Å². The van der Waals surface area contributed by atoms with Crippen molar-refractivity contribution in [3.63, 3.8) is 0 Å². The lowest BCUT2D eigenvalue weighted by atomic mass is 10.0. The Balaban J connectivity index is 5.56. The van der Waals surface area contributed by atoms with E-state index in [4.69, 9.17) is 10.5 Å². The molecule has 0 unspecified atom stereocenters. The summed E-state index contributed by atoms with van der Waals surface area (Å²) in [6, 6.07) is 0. The van der Waals surface area contributed by atoms with Gasteiger partial charge in [-0.05, 0) is 27.7 Å². The Hall–Kier alpha value is -1.07. The molecule has 0 spiro atoms. The highest BCUT2D eigenvalue weighted by Crippen LogP contribution is 2.25. The highest BCUT2D eigenvalue weighted by Gasteiger charge is 2.22. The fourth-order valence-corrected chi connectivity index (χ4v) is 1.96. The second-order valence-corrected chi connectivity index (χ2v) is 5.54. The fraction of sp³-hybridized carbons (Fsp3) is 0.462. The van der Waals surface area contributed by atoms with Crippen molar-refractivity contribution in [2.75, 3.05) is 7.11 Å². The third-order valence-corrected chi connectivity index (χ3v) is 2.66. The minimum absolute atomic E-state index is 0.432. The van der Waals surface area contributed by atoms with E-state index in [0.717, 1.165) is 4.48 Å². The van der Waals surface area contributed by atoms with Gasteiger partial charge in [0.2, 0.25) is 0 Å². The molecule has 0 aliphatic carbocycles. The van der Waals surface area contributed by atoms with Crippen molar-refractivity contribution < 1.29 is 9.84 Å². The van der Waals surface area contributed by atoms with Crippen LogP contribution in [0.5, 0.6) is 0 Å². The molecule has 0 atom stereocenters. The Morgan fingerprint density at radius 1 is 1.44 bits per heavy atom. The van der Waals surface area contributed by atoms with Gasteiger partial charge in [0.15, 0.2) is 0 Å². The minimum atomic E-state index is -1.05. The maximum Gasteiger partial charge on any atom is 0.122 e. The van der Waals surface area contributed by atoms with Gasteiger partial charge in [-0.1, -0.05) is 22.5 Å². The standard InChI is InChI=1S/C13H21BrN2O2/c1-8(14)12(13(4,5)17)16-9(2)11(7-15)10(3)18-6/h7,17H,3,15H2,1-2,4-6H3/b11-7+,12-8+,16-9-. The molecule has 3 N–H and O–H groups in total. The Labute approximate surface area is 117 Å². The van der Waals surface area contributed by atoms with Gasteiger partial charge in [0.05, 0.1) is 24.1 Å². The SMILES string of the molecule is C=C(OC)C(=C/N)/C(C)=N\C(=C(/C)Br)C(C)(C)O. The van der Waals surface area contributed by atoms with Gasteiger partial charge in [0.1, 0.15) is 11.4 Å². The number of methoxy groups -OCH3 is 1. The Kier molecular flexibility index (Phi) is 6.35. The number of allylic oxidation sites excluding steroid dienone is 2. The molecule has 18 heavy (non-hydrogen) atoms. The van der Waals surface area contributed by atoms with Gasteiger partial charge in [0.25, 0.3) is 0 Å². The molecule has 0 amide bonds. The summed E-state index contributed by atoms with van der Waals surface area (Å²) in [4.78, 5) is 4.40. The number of halogens is 1. The highest BCUT2D eigenvalue weighted by atomic mass is 79.9. The van der Waals surface area contributed by atoms with Crippen LogP contribution >= 0.6 is 15.9 Å². The molecule has 0 fully saturated rings. The first-order chi connectivity index (χ1) is 8.15. The molecule has 0 rings (SSSR count). The number of hydrogen-bond acceptors (Lipinski definition) is 4. The molecule has 0 aromatic carbocycles. The van der Waals surface area contributed by atoms with Crippen LogP contribution in [-0.2, 0) is 4.74 Å². The third kappa shape index (κ3) is 4.66. The molecule has 0 aliphatic heterocycles. The average Bonchev–Trinajstić information content (AvgIpc) is 2.24. The van der Waals surface area contributed by atoms with E-state index in [1.807, 2.05) is 6.92 Å². The average molecular weight is 317 g/mol. The van der Waals surface area contributed by atoms with Crippen LogP contribution in [0.25, 0.3) is 0 Å². The predicted octanol–water partition coefficient (Wildman–Crippen LogP) is 2.85. The lowest BCUT2D eigenvalue weighted by molar-refractivity contribution is 0.118. The molecule has 0 saturated carbocycles. The third-order valence-electron chi connectivity index (χ3n) is 2.29. The van der Waals surface area contributed by atoms with Crippen LogP contribution in [0.3, 0.4) is 0 Å². The van der Waals surface area contributed by atoms with Crippen LogP contribution in [0.2, 0.25) is 0 Å².